The van der Waals surface area contributed by atoms with Crippen LogP contribution in [0.2, 0.25) is 0 Å². The summed E-state index contributed by atoms with van der Waals surface area (Å²) < 4.78 is 2.12. The molecule has 0 radical (unpaired) electrons. The van der Waals surface area contributed by atoms with Crippen molar-refractivity contribution in [3.63, 3.8) is 0 Å². The monoisotopic (exact) mass is 453 g/mol. The molecule has 5 nitrogen and oxygen atoms in total. The van der Waals surface area contributed by atoms with Crippen molar-refractivity contribution in [1.29, 1.82) is 0 Å². The second-order valence-electron chi connectivity index (χ2n) is 6.28. The van der Waals surface area contributed by atoms with Crippen molar-refractivity contribution < 1.29 is 0 Å². The van der Waals surface area contributed by atoms with Crippen LogP contribution < -0.4 is 15.5 Å². The van der Waals surface area contributed by atoms with Crippen LogP contribution in [0, 0.1) is 0 Å². The van der Waals surface area contributed by atoms with Crippen LogP contribution in [-0.4, -0.2) is 36.7 Å². The van der Waals surface area contributed by atoms with Crippen molar-refractivity contribution in [3.05, 3.63) is 54.4 Å². The normalized spacial score (nSPS) is 15.6. The van der Waals surface area contributed by atoms with Crippen LogP contribution in [0.3, 0.4) is 0 Å². The van der Waals surface area contributed by atoms with Crippen LogP contribution in [0.4, 0.5) is 5.69 Å². The first kappa shape index (κ1) is 19.6. The minimum Gasteiger partial charge on any atom is -0.371 e. The third kappa shape index (κ3) is 5.39. The van der Waals surface area contributed by atoms with E-state index in [4.69, 9.17) is 0 Å². The molecule has 2 heterocycles. The number of halogens is 1. The standard InChI is InChI=1S/C19H27N5.HI/c1-20-19(21-15-18-9-6-12-23(18)2)22-16-10-13-24(14-11-16)17-7-4-3-5-8-17;/h3-9,12,16H,10-11,13-15H2,1-2H3,(H2,20,21,22);1H. The highest BCUT2D eigenvalue weighted by atomic mass is 127. The molecular formula is C19H28IN5. The molecule has 1 fully saturated rings. The van der Waals surface area contributed by atoms with Gasteiger partial charge in [-0.1, -0.05) is 18.2 Å². The number of piperidine rings is 1. The summed E-state index contributed by atoms with van der Waals surface area (Å²) in [4.78, 5) is 6.82. The highest BCUT2D eigenvalue weighted by molar-refractivity contribution is 14.0. The summed E-state index contributed by atoms with van der Waals surface area (Å²) in [5, 5.41) is 6.97. The first-order chi connectivity index (χ1) is 11.8. The molecule has 1 saturated heterocycles. The SMILES string of the molecule is CN=C(NCc1cccn1C)NC1CCN(c2ccccc2)CC1.I. The van der Waals surface area contributed by atoms with E-state index in [-0.39, 0.29) is 24.0 Å². The van der Waals surface area contributed by atoms with Crippen molar-refractivity contribution >= 4 is 35.6 Å². The number of guanidine groups is 1. The van der Waals surface area contributed by atoms with E-state index < -0.39 is 0 Å². The molecule has 0 aliphatic carbocycles. The fourth-order valence-corrected chi connectivity index (χ4v) is 3.16. The Kier molecular flexibility index (Phi) is 7.61. The maximum Gasteiger partial charge on any atom is 0.191 e. The van der Waals surface area contributed by atoms with Crippen LogP contribution in [-0.2, 0) is 13.6 Å². The molecule has 0 atom stereocenters. The Bertz CT molecular complexity index is 659. The van der Waals surface area contributed by atoms with Gasteiger partial charge < -0.3 is 20.1 Å². The van der Waals surface area contributed by atoms with Crippen molar-refractivity contribution in [2.45, 2.75) is 25.4 Å². The first-order valence-corrected chi connectivity index (χ1v) is 8.63. The molecule has 6 heteroatoms. The largest absolute Gasteiger partial charge is 0.371 e. The lowest BCUT2D eigenvalue weighted by molar-refractivity contribution is 0.461. The van der Waals surface area contributed by atoms with E-state index in [1.165, 1.54) is 11.4 Å². The van der Waals surface area contributed by atoms with Crippen LogP contribution >= 0.6 is 24.0 Å². The van der Waals surface area contributed by atoms with Gasteiger partial charge in [-0.3, -0.25) is 4.99 Å². The van der Waals surface area contributed by atoms with Crippen LogP contribution in [0.25, 0.3) is 0 Å². The van der Waals surface area contributed by atoms with Gasteiger partial charge in [0.1, 0.15) is 0 Å². The Morgan fingerprint density at radius 1 is 1.12 bits per heavy atom. The Morgan fingerprint density at radius 3 is 2.44 bits per heavy atom. The van der Waals surface area contributed by atoms with Crippen LogP contribution in [0.5, 0.6) is 0 Å². The third-order valence-electron chi connectivity index (χ3n) is 4.67. The van der Waals surface area contributed by atoms with Gasteiger partial charge in [0.15, 0.2) is 5.96 Å². The highest BCUT2D eigenvalue weighted by Crippen LogP contribution is 2.19. The molecule has 2 aromatic rings. The van der Waals surface area contributed by atoms with Crippen molar-refractivity contribution in [1.82, 2.24) is 15.2 Å². The molecule has 0 bridgehead atoms. The quantitative estimate of drug-likeness (QED) is 0.425. The number of para-hydroxylation sites is 1. The average molecular weight is 453 g/mol. The molecule has 2 N–H and O–H groups in total. The number of aromatic nitrogens is 1. The molecule has 1 aromatic heterocycles. The smallest absolute Gasteiger partial charge is 0.191 e. The molecule has 1 aliphatic heterocycles. The summed E-state index contributed by atoms with van der Waals surface area (Å²) in [5.74, 6) is 0.884. The summed E-state index contributed by atoms with van der Waals surface area (Å²) in [6.07, 6.45) is 4.31. The van der Waals surface area contributed by atoms with Crippen LogP contribution in [0.1, 0.15) is 18.5 Å². The van der Waals surface area contributed by atoms with Gasteiger partial charge in [0.25, 0.3) is 0 Å². The molecule has 0 amide bonds. The summed E-state index contributed by atoms with van der Waals surface area (Å²) >= 11 is 0. The summed E-state index contributed by atoms with van der Waals surface area (Å²) in [6.45, 7) is 2.94. The topological polar surface area (TPSA) is 44.6 Å². The van der Waals surface area contributed by atoms with E-state index in [0.29, 0.717) is 6.04 Å². The highest BCUT2D eigenvalue weighted by Gasteiger charge is 2.20. The van der Waals surface area contributed by atoms with Gasteiger partial charge in [-0.2, -0.15) is 0 Å². The van der Waals surface area contributed by atoms with Gasteiger partial charge in [-0.05, 0) is 37.1 Å². The molecule has 0 spiro atoms. The predicted octanol–water partition coefficient (Wildman–Crippen LogP) is 2.98. The summed E-state index contributed by atoms with van der Waals surface area (Å²) in [7, 11) is 3.89. The average Bonchev–Trinajstić information content (AvgIpc) is 3.05. The van der Waals surface area contributed by atoms with Crippen molar-refractivity contribution in [3.8, 4) is 0 Å². The molecule has 136 valence electrons. The zero-order chi connectivity index (χ0) is 16.8. The fraction of sp³-hybridized carbons (Fsp3) is 0.421. The van der Waals surface area contributed by atoms with Gasteiger partial charge in [0.2, 0.25) is 0 Å². The van der Waals surface area contributed by atoms with E-state index in [2.05, 4.69) is 80.8 Å². The first-order valence-electron chi connectivity index (χ1n) is 8.63. The minimum absolute atomic E-state index is 0. The summed E-state index contributed by atoms with van der Waals surface area (Å²) in [6, 6.07) is 15.3. The van der Waals surface area contributed by atoms with E-state index in [1.54, 1.807) is 0 Å². The lowest BCUT2D eigenvalue weighted by Gasteiger charge is -2.34. The Balaban J connectivity index is 0.00000225. The molecule has 0 saturated carbocycles. The maximum atomic E-state index is 4.36. The number of nitrogens with one attached hydrogen (secondary N) is 2. The van der Waals surface area contributed by atoms with Gasteiger partial charge in [-0.25, -0.2) is 0 Å². The number of aryl methyl sites for hydroxylation is 1. The van der Waals surface area contributed by atoms with E-state index in [0.717, 1.165) is 38.4 Å². The second kappa shape index (κ2) is 9.70. The lowest BCUT2D eigenvalue weighted by atomic mass is 10.0. The van der Waals surface area contributed by atoms with Gasteiger partial charge in [-0.15, -0.1) is 24.0 Å². The molecule has 1 aromatic carbocycles. The van der Waals surface area contributed by atoms with Crippen molar-refractivity contribution in [2.75, 3.05) is 25.0 Å². The minimum atomic E-state index is 0. The zero-order valence-corrected chi connectivity index (χ0v) is 17.3. The zero-order valence-electron chi connectivity index (χ0n) is 15.0. The van der Waals surface area contributed by atoms with Gasteiger partial charge >= 0.3 is 0 Å². The number of hydrogen-bond acceptors (Lipinski definition) is 2. The number of benzene rings is 1. The Morgan fingerprint density at radius 2 is 1.84 bits per heavy atom. The third-order valence-corrected chi connectivity index (χ3v) is 4.67. The fourth-order valence-electron chi connectivity index (χ4n) is 3.16. The maximum absolute atomic E-state index is 4.36. The van der Waals surface area contributed by atoms with Gasteiger partial charge in [0.05, 0.1) is 6.54 Å². The number of nitrogens with zero attached hydrogens (tertiary/aromatic N) is 3. The van der Waals surface area contributed by atoms with E-state index >= 15 is 0 Å². The Labute approximate surface area is 167 Å². The number of hydrogen-bond donors (Lipinski definition) is 2. The number of aliphatic imine (C=N–C) groups is 1. The van der Waals surface area contributed by atoms with Gasteiger partial charge in [0, 0.05) is 50.8 Å². The second-order valence-corrected chi connectivity index (χ2v) is 6.28. The van der Waals surface area contributed by atoms with Crippen molar-refractivity contribution in [2.24, 2.45) is 12.0 Å². The number of anilines is 1. The van der Waals surface area contributed by atoms with E-state index in [1.807, 2.05) is 7.05 Å². The summed E-state index contributed by atoms with van der Waals surface area (Å²) in [5.41, 5.74) is 2.57. The molecule has 1 aliphatic rings. The molecule has 25 heavy (non-hydrogen) atoms. The molecule has 3 rings (SSSR count). The van der Waals surface area contributed by atoms with Crippen LogP contribution in [0.15, 0.2) is 53.7 Å². The predicted molar refractivity (Wildman–Crippen MR) is 116 cm³/mol. The molecule has 0 unspecified atom stereocenters. The Hall–Kier alpha value is -1.70. The lowest BCUT2D eigenvalue weighted by Crippen LogP contribution is -2.48. The number of rotatable bonds is 4. The molecular weight excluding hydrogens is 425 g/mol. The van der Waals surface area contributed by atoms with E-state index in [9.17, 15) is 0 Å².